The molecule has 3 rings (SSSR count). The fourth-order valence-corrected chi connectivity index (χ4v) is 2.84. The molecule has 0 unspecified atom stereocenters. The zero-order valence-corrected chi connectivity index (χ0v) is 12.4. The van der Waals surface area contributed by atoms with Crippen LogP contribution in [0.4, 0.5) is 0 Å². The van der Waals surface area contributed by atoms with E-state index in [0.717, 1.165) is 36.2 Å². The highest BCUT2D eigenvalue weighted by Crippen LogP contribution is 2.18. The first-order valence-corrected chi connectivity index (χ1v) is 7.51. The first kappa shape index (κ1) is 13.6. The van der Waals surface area contributed by atoms with Gasteiger partial charge in [0.1, 0.15) is 11.6 Å². The summed E-state index contributed by atoms with van der Waals surface area (Å²) in [7, 11) is 0. The fourth-order valence-electron chi connectivity index (χ4n) is 2.64. The van der Waals surface area contributed by atoms with E-state index in [1.54, 1.807) is 0 Å². The van der Waals surface area contributed by atoms with E-state index in [0.29, 0.717) is 0 Å². The van der Waals surface area contributed by atoms with E-state index in [1.807, 2.05) is 18.2 Å². The van der Waals surface area contributed by atoms with Crippen LogP contribution in [0.1, 0.15) is 43.0 Å². The summed E-state index contributed by atoms with van der Waals surface area (Å²) in [5.41, 5.74) is 1.19. The minimum absolute atomic E-state index is 0.241. The lowest BCUT2D eigenvalue weighted by Gasteiger charge is -2.17. The predicted octanol–water partition coefficient (Wildman–Crippen LogP) is 3.12. The van der Waals surface area contributed by atoms with Gasteiger partial charge in [-0.05, 0) is 37.5 Å². The molecule has 2 aromatic rings. The Morgan fingerprint density at radius 1 is 1.35 bits per heavy atom. The van der Waals surface area contributed by atoms with E-state index in [4.69, 9.17) is 11.6 Å². The molecule has 106 valence electrons. The summed E-state index contributed by atoms with van der Waals surface area (Å²) in [5, 5.41) is 12.8. The Labute approximate surface area is 124 Å². The molecule has 0 amide bonds. The second-order valence-electron chi connectivity index (χ2n) is 5.30. The van der Waals surface area contributed by atoms with Gasteiger partial charge in [-0.3, -0.25) is 0 Å². The van der Waals surface area contributed by atoms with Crippen molar-refractivity contribution < 1.29 is 0 Å². The minimum atomic E-state index is 0.241. The summed E-state index contributed by atoms with van der Waals surface area (Å²) < 4.78 is 2.25. The molecule has 0 saturated carbocycles. The largest absolute Gasteiger partial charge is 0.314 e. The third-order valence-electron chi connectivity index (χ3n) is 3.85. The third-order valence-corrected chi connectivity index (χ3v) is 4.09. The zero-order chi connectivity index (χ0) is 13.9. The molecule has 1 atom stereocenters. The molecule has 0 fully saturated rings. The molecular weight excluding hydrogens is 272 g/mol. The lowest BCUT2D eigenvalue weighted by molar-refractivity contribution is 0.484. The Kier molecular flexibility index (Phi) is 4.03. The Hall–Kier alpha value is -1.39. The van der Waals surface area contributed by atoms with Gasteiger partial charge in [0.05, 0.1) is 6.54 Å². The van der Waals surface area contributed by atoms with E-state index in [9.17, 15) is 0 Å². The monoisotopic (exact) mass is 290 g/mol. The highest BCUT2D eigenvalue weighted by Gasteiger charge is 2.16. The number of nitrogens with zero attached hydrogens (tertiary/aromatic N) is 3. The van der Waals surface area contributed by atoms with Gasteiger partial charge in [0, 0.05) is 24.0 Å². The van der Waals surface area contributed by atoms with Gasteiger partial charge in [-0.1, -0.05) is 23.7 Å². The summed E-state index contributed by atoms with van der Waals surface area (Å²) in [6, 6.07) is 8.20. The Bertz CT molecular complexity index is 593. The van der Waals surface area contributed by atoms with Crippen molar-refractivity contribution in [3.05, 3.63) is 46.5 Å². The van der Waals surface area contributed by atoms with Crippen molar-refractivity contribution in [1.82, 2.24) is 20.1 Å². The second kappa shape index (κ2) is 5.94. The van der Waals surface area contributed by atoms with Crippen molar-refractivity contribution in [2.45, 2.75) is 45.3 Å². The molecule has 20 heavy (non-hydrogen) atoms. The van der Waals surface area contributed by atoms with Crippen LogP contribution in [0.3, 0.4) is 0 Å². The van der Waals surface area contributed by atoms with Gasteiger partial charge in [-0.15, -0.1) is 10.2 Å². The van der Waals surface area contributed by atoms with Crippen LogP contribution in [0.15, 0.2) is 24.3 Å². The molecule has 4 nitrogen and oxygen atoms in total. The average Bonchev–Trinajstić information content (AvgIpc) is 2.88. The molecule has 1 N–H and O–H groups in total. The number of nitrogens with one attached hydrogen (secondary N) is 1. The fraction of sp³-hybridized carbons (Fsp3) is 0.467. The maximum atomic E-state index is 6.03. The summed E-state index contributed by atoms with van der Waals surface area (Å²) in [4.78, 5) is 0. The zero-order valence-electron chi connectivity index (χ0n) is 11.6. The molecule has 0 saturated heterocycles. The molecule has 0 aliphatic carbocycles. The normalized spacial score (nSPS) is 15.9. The number of benzene rings is 1. The van der Waals surface area contributed by atoms with Gasteiger partial charge in [0.2, 0.25) is 0 Å². The molecule has 2 heterocycles. The van der Waals surface area contributed by atoms with Crippen molar-refractivity contribution in [2.75, 3.05) is 0 Å². The third kappa shape index (κ3) is 2.86. The van der Waals surface area contributed by atoms with Gasteiger partial charge in [-0.2, -0.15) is 0 Å². The van der Waals surface area contributed by atoms with Crippen molar-refractivity contribution in [3.63, 3.8) is 0 Å². The highest BCUT2D eigenvalue weighted by atomic mass is 35.5. The van der Waals surface area contributed by atoms with Crippen LogP contribution >= 0.6 is 11.6 Å². The number of hydrogen-bond acceptors (Lipinski definition) is 3. The van der Waals surface area contributed by atoms with Crippen LogP contribution in [0, 0.1) is 0 Å². The molecule has 0 bridgehead atoms. The maximum Gasteiger partial charge on any atom is 0.147 e. The molecule has 5 heteroatoms. The van der Waals surface area contributed by atoms with Crippen molar-refractivity contribution in [2.24, 2.45) is 0 Å². The summed E-state index contributed by atoms with van der Waals surface area (Å²) in [6.07, 6.45) is 3.50. The van der Waals surface area contributed by atoms with Crippen LogP contribution in [0.25, 0.3) is 0 Å². The predicted molar refractivity (Wildman–Crippen MR) is 79.7 cm³/mol. The van der Waals surface area contributed by atoms with Gasteiger partial charge in [-0.25, -0.2) is 0 Å². The molecule has 1 aromatic carbocycles. The number of hydrogen-bond donors (Lipinski definition) is 1. The van der Waals surface area contributed by atoms with E-state index in [1.165, 1.54) is 18.4 Å². The van der Waals surface area contributed by atoms with Crippen molar-refractivity contribution in [3.8, 4) is 0 Å². The summed E-state index contributed by atoms with van der Waals surface area (Å²) in [6.45, 7) is 3.92. The average molecular weight is 291 g/mol. The Morgan fingerprint density at radius 2 is 2.25 bits per heavy atom. The van der Waals surface area contributed by atoms with Gasteiger partial charge in [0.25, 0.3) is 0 Å². The summed E-state index contributed by atoms with van der Waals surface area (Å²) >= 11 is 6.03. The second-order valence-corrected chi connectivity index (χ2v) is 5.74. The molecule has 1 aromatic heterocycles. The van der Waals surface area contributed by atoms with Gasteiger partial charge >= 0.3 is 0 Å². The van der Waals surface area contributed by atoms with Crippen LogP contribution in [-0.2, 0) is 19.5 Å². The first-order chi connectivity index (χ1) is 9.74. The molecule has 1 aliphatic rings. The number of aromatic nitrogens is 3. The van der Waals surface area contributed by atoms with E-state index < -0.39 is 0 Å². The SMILES string of the molecule is C[C@@H](NCc1nnc2n1CCCC2)c1cccc(Cl)c1. The highest BCUT2D eigenvalue weighted by molar-refractivity contribution is 6.30. The number of fused-ring (bicyclic) bond motifs is 1. The van der Waals surface area contributed by atoms with Crippen LogP contribution in [0.2, 0.25) is 5.02 Å². The minimum Gasteiger partial charge on any atom is -0.314 e. The summed E-state index contributed by atoms with van der Waals surface area (Å²) in [5.74, 6) is 2.16. The van der Waals surface area contributed by atoms with Crippen molar-refractivity contribution in [1.29, 1.82) is 0 Å². The van der Waals surface area contributed by atoms with Gasteiger partial charge in [0.15, 0.2) is 0 Å². The quantitative estimate of drug-likeness (QED) is 0.941. The number of rotatable bonds is 4. The van der Waals surface area contributed by atoms with E-state index in [-0.39, 0.29) is 6.04 Å². The standard InChI is InChI=1S/C15H19ClN4/c1-11(12-5-4-6-13(16)9-12)17-10-15-19-18-14-7-2-3-8-20(14)15/h4-6,9,11,17H,2-3,7-8,10H2,1H3/t11-/m1/s1. The smallest absolute Gasteiger partial charge is 0.147 e. The number of halogens is 1. The van der Waals surface area contributed by atoms with Crippen molar-refractivity contribution >= 4 is 11.6 Å². The van der Waals surface area contributed by atoms with Crippen LogP contribution < -0.4 is 5.32 Å². The Balaban J connectivity index is 1.66. The molecule has 0 radical (unpaired) electrons. The topological polar surface area (TPSA) is 42.7 Å². The van der Waals surface area contributed by atoms with E-state index >= 15 is 0 Å². The lowest BCUT2D eigenvalue weighted by Crippen LogP contribution is -2.22. The van der Waals surface area contributed by atoms with E-state index in [2.05, 4.69) is 33.1 Å². The number of aryl methyl sites for hydroxylation is 1. The van der Waals surface area contributed by atoms with Gasteiger partial charge < -0.3 is 9.88 Å². The van der Waals surface area contributed by atoms with Crippen LogP contribution in [0.5, 0.6) is 0 Å². The molecule has 0 spiro atoms. The molecule has 1 aliphatic heterocycles. The Morgan fingerprint density at radius 3 is 3.10 bits per heavy atom. The first-order valence-electron chi connectivity index (χ1n) is 7.14. The maximum absolute atomic E-state index is 6.03. The lowest BCUT2D eigenvalue weighted by atomic mass is 10.1. The molecular formula is C15H19ClN4. The van der Waals surface area contributed by atoms with Crippen LogP contribution in [-0.4, -0.2) is 14.8 Å².